The van der Waals surface area contributed by atoms with Crippen LogP contribution < -0.4 is 31.7 Å². The second-order valence-electron chi connectivity index (χ2n) is 11.8. The fourth-order valence-corrected chi connectivity index (χ4v) is 4.97. The zero-order chi connectivity index (χ0) is 32.6. The van der Waals surface area contributed by atoms with Crippen LogP contribution in [0.25, 0.3) is 10.8 Å². The molecule has 0 saturated heterocycles. The fraction of sp³-hybridized carbons (Fsp3) is 0.273. The molecule has 45 heavy (non-hydrogen) atoms. The molecule has 0 saturated carbocycles. The van der Waals surface area contributed by atoms with Crippen LogP contribution in [0.4, 0.5) is 22.1 Å². The predicted molar refractivity (Wildman–Crippen MR) is 183 cm³/mol. The Hall–Kier alpha value is -4.73. The molecule has 0 aliphatic heterocycles. The van der Waals surface area contributed by atoms with Gasteiger partial charge in [0.1, 0.15) is 18.7 Å². The van der Waals surface area contributed by atoms with Gasteiger partial charge in [0, 0.05) is 58.7 Å². The van der Waals surface area contributed by atoms with Gasteiger partial charge in [-0.05, 0) is 56.1 Å². The van der Waals surface area contributed by atoms with Crippen molar-refractivity contribution in [2.75, 3.05) is 37.1 Å². The lowest BCUT2D eigenvalue weighted by Gasteiger charge is -2.19. The molecule has 12 heteroatoms. The number of nitrogens with two attached hydrogens (primary N) is 1. The first-order valence-electron chi connectivity index (χ1n) is 14.5. The van der Waals surface area contributed by atoms with Crippen LogP contribution in [-0.4, -0.2) is 53.4 Å². The van der Waals surface area contributed by atoms with E-state index in [1.54, 1.807) is 68.1 Å². The average molecular weight is 630 g/mol. The minimum atomic E-state index is -2.42. The molecule has 0 aliphatic rings. The van der Waals surface area contributed by atoms with E-state index in [9.17, 15) is 9.36 Å². The minimum absolute atomic E-state index is 0.0697. The molecule has 1 heterocycles. The maximum atomic E-state index is 13.3. The lowest BCUT2D eigenvalue weighted by Crippen LogP contribution is -2.34. The Morgan fingerprint density at radius 3 is 2.42 bits per heavy atom. The molecule has 0 spiro atoms. The van der Waals surface area contributed by atoms with E-state index in [2.05, 4.69) is 30.9 Å². The van der Waals surface area contributed by atoms with Crippen LogP contribution in [0.2, 0.25) is 0 Å². The number of hydrogen-bond acceptors (Lipinski definition) is 9. The molecule has 11 nitrogen and oxygen atoms in total. The van der Waals surface area contributed by atoms with Crippen LogP contribution in [0, 0.1) is 5.41 Å². The minimum Gasteiger partial charge on any atom is -0.438 e. The number of amidine groups is 1. The number of amides is 2. The Bertz CT molecular complexity index is 1760. The number of nitrogens with one attached hydrogen (secondary N) is 3. The number of aromatic nitrogens is 2. The van der Waals surface area contributed by atoms with Gasteiger partial charge < -0.3 is 30.8 Å². The van der Waals surface area contributed by atoms with Crippen molar-refractivity contribution in [1.29, 1.82) is 0 Å². The molecule has 236 valence electrons. The first-order valence-corrected chi connectivity index (χ1v) is 17.1. The molecular weight excluding hydrogens is 589 g/mol. The summed E-state index contributed by atoms with van der Waals surface area (Å²) in [7, 11) is -2.42. The van der Waals surface area contributed by atoms with Crippen LogP contribution in [0.15, 0.2) is 89.7 Å². The van der Waals surface area contributed by atoms with Crippen molar-refractivity contribution in [2.24, 2.45) is 16.1 Å². The number of rotatable bonds is 10. The third-order valence-electron chi connectivity index (χ3n) is 6.72. The highest BCUT2D eigenvalue weighted by atomic mass is 31.2. The van der Waals surface area contributed by atoms with Gasteiger partial charge in [-0.15, -0.1) is 0 Å². The number of carbonyl (C=O) groups is 1. The molecule has 2 amide bonds. The van der Waals surface area contributed by atoms with Crippen molar-refractivity contribution < 1.29 is 19.2 Å². The molecule has 6 N–H and O–H groups in total. The number of urea groups is 1. The Balaban J connectivity index is 1.58. The lowest BCUT2D eigenvalue weighted by atomic mass is 9.92. The lowest BCUT2D eigenvalue weighted by molar-refractivity contribution is 0.256. The van der Waals surface area contributed by atoms with Gasteiger partial charge in [0.2, 0.25) is 11.8 Å². The van der Waals surface area contributed by atoms with Crippen LogP contribution in [0.3, 0.4) is 0 Å². The number of benzene rings is 3. The quantitative estimate of drug-likeness (QED) is 0.0599. The van der Waals surface area contributed by atoms with Gasteiger partial charge >= 0.3 is 6.03 Å². The van der Waals surface area contributed by atoms with Crippen LogP contribution in [0.1, 0.15) is 27.2 Å². The summed E-state index contributed by atoms with van der Waals surface area (Å²) in [5.41, 5.74) is 7.65. The number of aliphatic hydroxyl groups is 1. The number of aliphatic imine (C=N–C) groups is 1. The number of anilines is 2. The molecule has 3 aromatic carbocycles. The number of aliphatic hydroxyl groups excluding tert-OH is 1. The molecule has 0 atom stereocenters. The van der Waals surface area contributed by atoms with Crippen LogP contribution in [-0.2, 0) is 4.57 Å². The third-order valence-corrected chi connectivity index (χ3v) is 8.26. The molecule has 0 aliphatic carbocycles. The van der Waals surface area contributed by atoms with Crippen molar-refractivity contribution in [1.82, 2.24) is 15.3 Å². The number of nitrogens with zero attached hydrogens (tertiary/aromatic N) is 3. The predicted octanol–water partition coefficient (Wildman–Crippen LogP) is 6.20. The maximum absolute atomic E-state index is 13.3. The maximum Gasteiger partial charge on any atom is 0.324 e. The Morgan fingerprint density at radius 2 is 1.76 bits per heavy atom. The second kappa shape index (κ2) is 14.4. The van der Waals surface area contributed by atoms with Gasteiger partial charge in [0.15, 0.2) is 0 Å². The summed E-state index contributed by atoms with van der Waals surface area (Å²) in [6.07, 6.45) is 3.80. The first-order chi connectivity index (χ1) is 21.3. The summed E-state index contributed by atoms with van der Waals surface area (Å²) < 4.78 is 18.5. The van der Waals surface area contributed by atoms with Gasteiger partial charge in [0.05, 0.1) is 11.4 Å². The standard InChI is InChI=1S/C33H40N7O4P/c1-33(2,3)28(34)21-29(37-22-11-13-23(14-12-22)45(4,5)43)39-32(42)38-26-15-16-27(25-10-7-6-9-24(25)26)44-30-17-19-36-31(40-30)35-18-8-20-41/h6-7,9-17,19,21,41H,8,18,20,34H2,1-5H3,(H,35,36,40)(H2,37,38,39,42). The molecule has 4 aromatic rings. The van der Waals surface area contributed by atoms with E-state index in [0.717, 1.165) is 16.1 Å². The van der Waals surface area contributed by atoms with E-state index in [4.69, 9.17) is 15.6 Å². The van der Waals surface area contributed by atoms with Gasteiger partial charge in [-0.2, -0.15) is 4.98 Å². The van der Waals surface area contributed by atoms with Gasteiger partial charge in [-0.3, -0.25) is 5.32 Å². The Labute approximate surface area is 263 Å². The normalized spacial score (nSPS) is 12.6. The molecule has 1 aromatic heterocycles. The van der Waals surface area contributed by atoms with Gasteiger partial charge in [0.25, 0.3) is 0 Å². The highest BCUT2D eigenvalue weighted by Gasteiger charge is 2.17. The molecule has 0 bridgehead atoms. The largest absolute Gasteiger partial charge is 0.438 e. The summed E-state index contributed by atoms with van der Waals surface area (Å²) in [4.78, 5) is 26.5. The van der Waals surface area contributed by atoms with E-state index in [1.807, 2.05) is 45.0 Å². The number of carbonyl (C=O) groups excluding carboxylic acids is 1. The average Bonchev–Trinajstić information content (AvgIpc) is 2.98. The number of fused-ring (bicyclic) bond motifs is 1. The van der Waals surface area contributed by atoms with E-state index >= 15 is 0 Å². The summed E-state index contributed by atoms with van der Waals surface area (Å²) in [6.45, 7) is 9.93. The number of hydrogen-bond donors (Lipinski definition) is 5. The molecule has 0 radical (unpaired) electrons. The third kappa shape index (κ3) is 9.38. The number of ether oxygens (including phenoxy) is 1. The number of allylic oxidation sites excluding steroid dienone is 1. The molecular formula is C33H40N7O4P. The van der Waals surface area contributed by atoms with E-state index in [1.165, 1.54) is 0 Å². The molecule has 0 unspecified atom stereocenters. The van der Waals surface area contributed by atoms with Crippen molar-refractivity contribution in [3.05, 3.63) is 84.7 Å². The van der Waals surface area contributed by atoms with Crippen molar-refractivity contribution in [3.63, 3.8) is 0 Å². The van der Waals surface area contributed by atoms with Crippen LogP contribution in [0.5, 0.6) is 11.6 Å². The highest BCUT2D eigenvalue weighted by Crippen LogP contribution is 2.35. The topological polar surface area (TPSA) is 164 Å². The monoisotopic (exact) mass is 629 g/mol. The van der Waals surface area contributed by atoms with Crippen molar-refractivity contribution in [3.8, 4) is 11.6 Å². The van der Waals surface area contributed by atoms with E-state index < -0.39 is 13.2 Å². The van der Waals surface area contributed by atoms with E-state index in [0.29, 0.717) is 47.6 Å². The molecule has 0 fully saturated rings. The fourth-order valence-electron chi connectivity index (χ4n) is 4.10. The summed E-state index contributed by atoms with van der Waals surface area (Å²) >= 11 is 0. The van der Waals surface area contributed by atoms with Crippen molar-refractivity contribution in [2.45, 2.75) is 27.2 Å². The summed E-state index contributed by atoms with van der Waals surface area (Å²) in [5, 5.41) is 20.1. The van der Waals surface area contributed by atoms with E-state index in [-0.39, 0.29) is 17.9 Å². The highest BCUT2D eigenvalue weighted by molar-refractivity contribution is 7.70. The summed E-state index contributed by atoms with van der Waals surface area (Å²) in [6, 6.07) is 19.3. The summed E-state index contributed by atoms with van der Waals surface area (Å²) in [5.74, 6) is 1.54. The first kappa shape index (κ1) is 33.2. The zero-order valence-corrected chi connectivity index (χ0v) is 27.1. The second-order valence-corrected chi connectivity index (χ2v) is 15.0. The zero-order valence-electron chi connectivity index (χ0n) is 26.2. The van der Waals surface area contributed by atoms with Crippen LogP contribution >= 0.6 is 7.14 Å². The Morgan fingerprint density at radius 1 is 1.04 bits per heavy atom. The van der Waals surface area contributed by atoms with Gasteiger partial charge in [-0.1, -0.05) is 45.0 Å². The van der Waals surface area contributed by atoms with Gasteiger partial charge in [-0.25, -0.2) is 14.8 Å². The Kier molecular flexibility index (Phi) is 10.6. The van der Waals surface area contributed by atoms with Crippen molar-refractivity contribution >= 4 is 52.4 Å². The SMILES string of the molecule is CC(C)(C)C(N)=CC(=Nc1ccc(P(C)(C)=O)cc1)NC(=O)Nc1ccc(Oc2ccnc(NCCCO)n2)c2ccccc12. The smallest absolute Gasteiger partial charge is 0.324 e. The molecule has 4 rings (SSSR count).